The van der Waals surface area contributed by atoms with Gasteiger partial charge in [-0.25, -0.2) is 9.78 Å². The van der Waals surface area contributed by atoms with Crippen molar-refractivity contribution in [2.24, 2.45) is 0 Å². The first-order valence-corrected chi connectivity index (χ1v) is 12.4. The number of aliphatic carboxylic acids is 1. The van der Waals surface area contributed by atoms with Gasteiger partial charge in [0, 0.05) is 29.3 Å². The van der Waals surface area contributed by atoms with E-state index in [0.717, 1.165) is 33.9 Å². The molecule has 1 fully saturated rings. The summed E-state index contributed by atoms with van der Waals surface area (Å²) >= 11 is 1.63. The van der Waals surface area contributed by atoms with E-state index in [2.05, 4.69) is 10.3 Å². The molecule has 0 spiro atoms. The monoisotopic (exact) mass is 474 g/mol. The highest BCUT2D eigenvalue weighted by Gasteiger charge is 2.24. The van der Waals surface area contributed by atoms with Gasteiger partial charge in [-0.1, -0.05) is 31.4 Å². The molecule has 8 heteroatoms. The molecule has 180 valence electrons. The fourth-order valence-electron chi connectivity index (χ4n) is 4.24. The third kappa shape index (κ3) is 6.77. The van der Waals surface area contributed by atoms with E-state index in [1.165, 1.54) is 19.3 Å². The Bertz CT molecular complexity index is 966. The van der Waals surface area contributed by atoms with Crippen LogP contribution >= 0.6 is 11.3 Å². The number of hydrogen-bond donors (Lipinski definition) is 2. The second-order valence-corrected chi connectivity index (χ2v) is 10.1. The minimum Gasteiger partial charge on any atom is -0.496 e. The third-order valence-corrected chi connectivity index (χ3v) is 7.03. The van der Waals surface area contributed by atoms with E-state index < -0.39 is 12.1 Å². The lowest BCUT2D eigenvalue weighted by Crippen LogP contribution is -2.29. The van der Waals surface area contributed by atoms with E-state index >= 15 is 0 Å². The molecular weight excluding hydrogens is 440 g/mol. The van der Waals surface area contributed by atoms with Crippen molar-refractivity contribution in [1.29, 1.82) is 0 Å². The number of aromatic nitrogens is 1. The number of nitrogens with zero attached hydrogens (tertiary/aromatic N) is 1. The molecular formula is C25H34N2O5S. The van der Waals surface area contributed by atoms with Crippen molar-refractivity contribution in [2.75, 3.05) is 7.11 Å². The van der Waals surface area contributed by atoms with Gasteiger partial charge >= 0.3 is 5.97 Å². The smallest absolute Gasteiger partial charge is 0.333 e. The largest absolute Gasteiger partial charge is 0.496 e. The van der Waals surface area contributed by atoms with Gasteiger partial charge in [-0.05, 0) is 45.2 Å². The van der Waals surface area contributed by atoms with Gasteiger partial charge in [0.1, 0.15) is 11.4 Å². The number of methoxy groups -OCH3 is 1. The van der Waals surface area contributed by atoms with Crippen LogP contribution in [-0.2, 0) is 22.5 Å². The Morgan fingerprint density at radius 3 is 2.61 bits per heavy atom. The van der Waals surface area contributed by atoms with Gasteiger partial charge in [-0.2, -0.15) is 0 Å². The molecule has 1 unspecified atom stereocenters. The minimum atomic E-state index is -0.998. The van der Waals surface area contributed by atoms with Crippen molar-refractivity contribution in [2.45, 2.75) is 84.0 Å². The maximum Gasteiger partial charge on any atom is 0.333 e. The zero-order chi connectivity index (χ0) is 24.0. The maximum atomic E-state index is 12.9. The van der Waals surface area contributed by atoms with Crippen LogP contribution in [0.5, 0.6) is 5.75 Å². The average Bonchev–Trinajstić information content (AvgIpc) is 3.19. The van der Waals surface area contributed by atoms with Crippen molar-refractivity contribution in [3.8, 4) is 5.75 Å². The van der Waals surface area contributed by atoms with Crippen LogP contribution in [0.25, 0.3) is 0 Å². The highest BCUT2D eigenvalue weighted by Crippen LogP contribution is 2.35. The molecule has 1 aromatic heterocycles. The molecule has 1 aliphatic rings. The first-order chi connectivity index (χ1) is 15.8. The van der Waals surface area contributed by atoms with Crippen LogP contribution in [0.4, 0.5) is 0 Å². The standard InChI is InChI=1S/C25H34N2O5S/c1-15(2)32-21(25(29)30)13-17-10-11-20(31-4)19(12-17)14-26-23(28)22-16(3)33-24(27-22)18-8-6-5-7-9-18/h10-12,15,18,21H,5-9,13-14H2,1-4H3,(H,26,28)(H,29,30). The molecule has 7 nitrogen and oxygen atoms in total. The number of nitrogens with one attached hydrogen (secondary N) is 1. The van der Waals surface area contributed by atoms with Crippen LogP contribution in [0.15, 0.2) is 18.2 Å². The van der Waals surface area contributed by atoms with Crippen LogP contribution in [0.1, 0.15) is 83.4 Å². The predicted octanol–water partition coefficient (Wildman–Crippen LogP) is 4.86. The number of carbonyl (C=O) groups excluding carboxylic acids is 1. The van der Waals surface area contributed by atoms with Crippen LogP contribution < -0.4 is 10.1 Å². The Morgan fingerprint density at radius 2 is 1.97 bits per heavy atom. The van der Waals surface area contributed by atoms with Crippen LogP contribution in [-0.4, -0.2) is 41.3 Å². The molecule has 0 aliphatic heterocycles. The lowest BCUT2D eigenvalue weighted by Gasteiger charge is -2.18. The van der Waals surface area contributed by atoms with E-state index in [9.17, 15) is 14.7 Å². The fourth-order valence-corrected chi connectivity index (χ4v) is 5.33. The van der Waals surface area contributed by atoms with Crippen molar-refractivity contribution >= 4 is 23.2 Å². The number of rotatable bonds is 10. The Labute approximate surface area is 199 Å². The van der Waals surface area contributed by atoms with E-state index in [1.807, 2.05) is 32.9 Å². The Kier molecular flexibility index (Phi) is 8.86. The number of hydrogen-bond acceptors (Lipinski definition) is 6. The molecule has 3 rings (SSSR count). The Balaban J connectivity index is 1.70. The van der Waals surface area contributed by atoms with Crippen molar-refractivity contribution < 1.29 is 24.2 Å². The fraction of sp³-hybridized carbons (Fsp3) is 0.560. The summed E-state index contributed by atoms with van der Waals surface area (Å²) in [7, 11) is 1.57. The van der Waals surface area contributed by atoms with E-state index in [0.29, 0.717) is 17.4 Å². The summed E-state index contributed by atoms with van der Waals surface area (Å²) in [6.45, 7) is 5.82. The normalized spacial score (nSPS) is 15.4. The average molecular weight is 475 g/mol. The molecule has 2 N–H and O–H groups in total. The number of carbonyl (C=O) groups is 2. The van der Waals surface area contributed by atoms with E-state index in [-0.39, 0.29) is 25.0 Å². The number of aryl methyl sites for hydroxylation is 1. The SMILES string of the molecule is COc1ccc(CC(OC(C)C)C(=O)O)cc1CNC(=O)c1nc(C2CCCCC2)sc1C. The van der Waals surface area contributed by atoms with Gasteiger partial charge in [-0.3, -0.25) is 4.79 Å². The highest BCUT2D eigenvalue weighted by atomic mass is 32.1. The third-order valence-electron chi connectivity index (χ3n) is 5.90. The summed E-state index contributed by atoms with van der Waals surface area (Å²) < 4.78 is 11.0. The molecule has 1 saturated carbocycles. The maximum absolute atomic E-state index is 12.9. The van der Waals surface area contributed by atoms with Gasteiger partial charge in [0.05, 0.1) is 18.2 Å². The van der Waals surface area contributed by atoms with Gasteiger partial charge in [0.25, 0.3) is 5.91 Å². The lowest BCUT2D eigenvalue weighted by molar-refractivity contribution is -0.153. The minimum absolute atomic E-state index is 0.192. The second kappa shape index (κ2) is 11.6. The zero-order valence-corrected chi connectivity index (χ0v) is 20.7. The Hall–Kier alpha value is -2.45. The number of amides is 1. The molecule has 1 aromatic carbocycles. The second-order valence-electron chi connectivity index (χ2n) is 8.84. The van der Waals surface area contributed by atoms with Gasteiger partial charge < -0.3 is 19.9 Å². The van der Waals surface area contributed by atoms with Crippen molar-refractivity contribution in [3.05, 3.63) is 44.9 Å². The van der Waals surface area contributed by atoms with Crippen LogP contribution in [0.2, 0.25) is 0 Å². The number of ether oxygens (including phenoxy) is 2. The van der Waals surface area contributed by atoms with E-state index in [4.69, 9.17) is 9.47 Å². The van der Waals surface area contributed by atoms with Gasteiger partial charge in [0.15, 0.2) is 6.10 Å². The first-order valence-electron chi connectivity index (χ1n) is 11.6. The molecule has 2 aromatic rings. The highest BCUT2D eigenvalue weighted by molar-refractivity contribution is 7.12. The van der Waals surface area contributed by atoms with Gasteiger partial charge in [0.2, 0.25) is 0 Å². The molecule has 1 amide bonds. The number of benzene rings is 1. The van der Waals surface area contributed by atoms with E-state index in [1.54, 1.807) is 24.5 Å². The molecule has 0 saturated heterocycles. The predicted molar refractivity (Wildman–Crippen MR) is 128 cm³/mol. The van der Waals surface area contributed by atoms with Crippen molar-refractivity contribution in [1.82, 2.24) is 10.3 Å². The topological polar surface area (TPSA) is 97.8 Å². The molecule has 0 radical (unpaired) electrons. The summed E-state index contributed by atoms with van der Waals surface area (Å²) in [6, 6.07) is 5.48. The molecule has 33 heavy (non-hydrogen) atoms. The van der Waals surface area contributed by atoms with Crippen molar-refractivity contribution in [3.63, 3.8) is 0 Å². The molecule has 1 aliphatic carbocycles. The number of thiazole rings is 1. The number of carboxylic acids is 1. The number of carboxylic acid groups (broad SMARTS) is 1. The summed E-state index contributed by atoms with van der Waals surface area (Å²) in [6.07, 6.45) is 5.14. The molecule has 1 heterocycles. The summed E-state index contributed by atoms with van der Waals surface area (Å²) in [5.41, 5.74) is 2.07. The molecule has 1 atom stereocenters. The zero-order valence-electron chi connectivity index (χ0n) is 19.8. The summed E-state index contributed by atoms with van der Waals surface area (Å²) in [5.74, 6) is -0.100. The quantitative estimate of drug-likeness (QED) is 0.510. The lowest BCUT2D eigenvalue weighted by atomic mass is 9.90. The Morgan fingerprint density at radius 1 is 1.24 bits per heavy atom. The molecule has 0 bridgehead atoms. The van der Waals surface area contributed by atoms with Crippen LogP contribution in [0.3, 0.4) is 0 Å². The van der Waals surface area contributed by atoms with Gasteiger partial charge in [-0.15, -0.1) is 11.3 Å². The summed E-state index contributed by atoms with van der Waals surface area (Å²) in [4.78, 5) is 30.1. The summed E-state index contributed by atoms with van der Waals surface area (Å²) in [5, 5.41) is 13.5. The van der Waals surface area contributed by atoms with Crippen LogP contribution in [0, 0.1) is 6.92 Å². The first kappa shape index (κ1) is 25.2.